The molecule has 33 nitrogen and oxygen atoms in total. The van der Waals surface area contributed by atoms with E-state index < -0.39 is 70.9 Å². The number of carboxylic acid groups (broad SMARTS) is 1. The molecular formula is C80H114N16O17. The van der Waals surface area contributed by atoms with Crippen LogP contribution >= 0.6 is 0 Å². The first-order chi connectivity index (χ1) is 54.4. The van der Waals surface area contributed by atoms with Crippen LogP contribution in [0.25, 0.3) is 0 Å². The van der Waals surface area contributed by atoms with Gasteiger partial charge in [0, 0.05) is 43.8 Å². The SMILES string of the molecule is C1CCC(C2CCCCN2)CC1.COc1ncc(NC(=O)C(=O)N2CCCCC2C2CCCCC2)cc1C(N)=O.COc1ncc(NC(=O)C(=O)N2CCCC[C@@H]2C2CCCCC2)cc1C(N)=O.COc1ncc(NC(=O)C(=O)N2CCCC[C@H]2C2CCCCC2)cc1C(N)=O.COc1ncc(NC(=O)C(=O)O)cc1C(N)=O. The van der Waals surface area contributed by atoms with E-state index in [1.165, 1.54) is 187 Å². The molecule has 113 heavy (non-hydrogen) atoms. The molecule has 616 valence electrons. The highest BCUT2D eigenvalue weighted by atomic mass is 16.5. The number of primary amides is 4. The van der Waals surface area contributed by atoms with E-state index in [4.69, 9.17) is 47.0 Å². The summed E-state index contributed by atoms with van der Waals surface area (Å²) in [5.74, 6) is -6.90. The van der Waals surface area contributed by atoms with E-state index in [1.807, 2.05) is 5.32 Å². The predicted molar refractivity (Wildman–Crippen MR) is 419 cm³/mol. The molecule has 4 saturated heterocycles. The molecule has 4 saturated carbocycles. The van der Waals surface area contributed by atoms with Crippen LogP contribution in [0.2, 0.25) is 0 Å². The number of likely N-dealkylation sites (tertiary alicyclic amines) is 3. The van der Waals surface area contributed by atoms with Gasteiger partial charge in [0.15, 0.2) is 0 Å². The minimum Gasteiger partial charge on any atom is -0.480 e. The van der Waals surface area contributed by atoms with Gasteiger partial charge in [0.1, 0.15) is 22.3 Å². The number of nitrogens with one attached hydrogen (secondary N) is 5. The Morgan fingerprint density at radius 3 is 0.832 bits per heavy atom. The van der Waals surface area contributed by atoms with E-state index in [9.17, 15) is 57.5 Å². The zero-order valence-electron chi connectivity index (χ0n) is 65.6. The van der Waals surface area contributed by atoms with E-state index in [0.717, 1.165) is 114 Å². The van der Waals surface area contributed by atoms with E-state index in [1.54, 1.807) is 14.7 Å². The van der Waals surface area contributed by atoms with Crippen LogP contribution in [-0.2, 0) is 38.4 Å². The molecule has 4 atom stereocenters. The van der Waals surface area contributed by atoms with Crippen molar-refractivity contribution in [2.75, 3.05) is 75.9 Å². The molecular weight excluding hydrogens is 1460 g/mol. The van der Waals surface area contributed by atoms with Gasteiger partial charge in [-0.15, -0.1) is 0 Å². The molecule has 0 spiro atoms. The highest BCUT2D eigenvalue weighted by Gasteiger charge is 2.40. The lowest BCUT2D eigenvalue weighted by Gasteiger charge is -2.41. The number of aliphatic carboxylic acids is 1. The van der Waals surface area contributed by atoms with Gasteiger partial charge in [0.05, 0.1) is 76.0 Å². The van der Waals surface area contributed by atoms with Crippen molar-refractivity contribution in [2.24, 2.45) is 46.6 Å². The van der Waals surface area contributed by atoms with Crippen molar-refractivity contribution in [3.8, 4) is 23.5 Å². The van der Waals surface area contributed by atoms with Crippen LogP contribution in [-0.4, -0.2) is 189 Å². The summed E-state index contributed by atoms with van der Waals surface area (Å²) in [6.07, 6.45) is 43.5. The number of piperidine rings is 4. The molecule has 33 heteroatoms. The van der Waals surface area contributed by atoms with Crippen LogP contribution in [0.4, 0.5) is 22.7 Å². The molecule has 14 N–H and O–H groups in total. The van der Waals surface area contributed by atoms with Crippen molar-refractivity contribution in [3.05, 3.63) is 71.3 Å². The van der Waals surface area contributed by atoms with Crippen LogP contribution in [0, 0.1) is 23.7 Å². The Balaban J connectivity index is 0.000000182. The highest BCUT2D eigenvalue weighted by Crippen LogP contribution is 2.38. The number of carboxylic acids is 1. The first-order valence-corrected chi connectivity index (χ1v) is 39.9. The lowest BCUT2D eigenvalue weighted by Crippen LogP contribution is -2.51. The minimum atomic E-state index is -1.65. The van der Waals surface area contributed by atoms with Crippen molar-refractivity contribution in [1.29, 1.82) is 0 Å². The lowest BCUT2D eigenvalue weighted by atomic mass is 9.80. The van der Waals surface area contributed by atoms with Crippen LogP contribution in [0.5, 0.6) is 23.5 Å². The zero-order valence-corrected chi connectivity index (χ0v) is 65.6. The van der Waals surface area contributed by atoms with Gasteiger partial charge >= 0.3 is 47.3 Å². The number of hydrogen-bond acceptors (Lipinski definition) is 21. The summed E-state index contributed by atoms with van der Waals surface area (Å²) in [6.45, 7) is 3.11. The van der Waals surface area contributed by atoms with Crippen molar-refractivity contribution < 1.29 is 81.6 Å². The monoisotopic (exact) mass is 1570 g/mol. The number of pyridine rings is 4. The van der Waals surface area contributed by atoms with E-state index >= 15 is 0 Å². The van der Waals surface area contributed by atoms with Gasteiger partial charge in [-0.3, -0.25) is 52.7 Å². The maximum absolute atomic E-state index is 12.9. The van der Waals surface area contributed by atoms with Gasteiger partial charge in [-0.2, -0.15) is 0 Å². The fourth-order valence-electron chi connectivity index (χ4n) is 17.0. The molecule has 8 heterocycles. The standard InChI is InChI=1S/3C20H28N4O4.C11H21N.C9H9N3O5/c3*1-28-19-15(17(21)25)11-14(12-22-19)23-18(26)20(27)24-10-6-5-9-16(24)13-7-3-2-4-8-13;1-2-6-10(7-3-1)11-8-4-5-9-12-11;1-17-8-5(6(10)13)2-4(3-11-8)12-7(14)9(15)16/h3*11-13,16H,2-10H2,1H3,(H2,21,25)(H,23,26);10-12H,1-9H2;2-3H,1H3,(H2,10,13)(H,12,14)(H,15,16)/t2*16-;;;/m10.../s1. The maximum Gasteiger partial charge on any atom is 0.394 e. The number of ether oxygens (including phenoxy) is 4. The Bertz CT molecular complexity index is 3630. The number of methoxy groups -OCH3 is 4. The Hall–Kier alpha value is -10.6. The fraction of sp³-hybridized carbons (Fsp3) is 0.600. The summed E-state index contributed by atoms with van der Waals surface area (Å²) >= 11 is 0. The van der Waals surface area contributed by atoms with Crippen LogP contribution < -0.4 is 68.5 Å². The number of hydrogen-bond donors (Lipinski definition) is 10. The number of carbonyl (C=O) groups is 12. The third-order valence-electron chi connectivity index (χ3n) is 22.6. The quantitative estimate of drug-likeness (QED) is 0.0472. The van der Waals surface area contributed by atoms with Gasteiger partial charge in [0.2, 0.25) is 23.5 Å². The molecule has 4 aromatic heterocycles. The zero-order chi connectivity index (χ0) is 81.5. The van der Waals surface area contributed by atoms with Crippen LogP contribution in [0.1, 0.15) is 247 Å². The number of nitrogens with two attached hydrogens (primary N) is 4. The number of nitrogens with zero attached hydrogens (tertiary/aromatic N) is 7. The Kier molecular flexibility index (Phi) is 34.7. The van der Waals surface area contributed by atoms with Gasteiger partial charge in [-0.05, 0) is 176 Å². The average Bonchev–Trinajstić information content (AvgIpc) is 0.815. The maximum atomic E-state index is 12.9. The summed E-state index contributed by atoms with van der Waals surface area (Å²) in [5, 5.41) is 21.7. The minimum absolute atomic E-state index is 0.00850. The van der Waals surface area contributed by atoms with E-state index in [2.05, 4.69) is 41.2 Å². The molecule has 4 aliphatic carbocycles. The number of carbonyl (C=O) groups excluding carboxylic acids is 11. The molecule has 4 aromatic rings. The molecule has 0 radical (unpaired) electrons. The lowest BCUT2D eigenvalue weighted by molar-refractivity contribution is -0.147. The molecule has 8 fully saturated rings. The van der Waals surface area contributed by atoms with E-state index in [-0.39, 0.29) is 86.6 Å². The topological polar surface area (TPSA) is 487 Å². The second-order valence-electron chi connectivity index (χ2n) is 30.0. The van der Waals surface area contributed by atoms with Crippen LogP contribution in [0.15, 0.2) is 49.1 Å². The number of amides is 11. The van der Waals surface area contributed by atoms with Crippen molar-refractivity contribution in [3.63, 3.8) is 0 Å². The Labute approximate surface area is 659 Å². The number of anilines is 4. The van der Waals surface area contributed by atoms with Gasteiger partial charge < -0.3 is 88.3 Å². The summed E-state index contributed by atoms with van der Waals surface area (Å²) in [4.78, 5) is 164. The third kappa shape index (κ3) is 25.5. The van der Waals surface area contributed by atoms with E-state index in [0.29, 0.717) is 37.4 Å². The summed E-state index contributed by atoms with van der Waals surface area (Å²) in [7, 11) is 5.42. The first kappa shape index (κ1) is 88.0. The van der Waals surface area contributed by atoms with Crippen molar-refractivity contribution in [2.45, 2.75) is 230 Å². The Morgan fingerprint density at radius 2 is 0.593 bits per heavy atom. The summed E-state index contributed by atoms with van der Waals surface area (Å²) < 4.78 is 19.7. The molecule has 2 unspecified atom stereocenters. The third-order valence-corrected chi connectivity index (χ3v) is 22.6. The molecule has 0 bridgehead atoms. The number of aromatic nitrogens is 4. The first-order valence-electron chi connectivity index (χ1n) is 39.9. The van der Waals surface area contributed by atoms with Crippen molar-refractivity contribution in [1.82, 2.24) is 40.0 Å². The molecule has 4 aliphatic heterocycles. The molecule has 12 rings (SSSR count). The van der Waals surface area contributed by atoms with Crippen LogP contribution in [0.3, 0.4) is 0 Å². The largest absolute Gasteiger partial charge is 0.480 e. The van der Waals surface area contributed by atoms with Gasteiger partial charge in [-0.25, -0.2) is 24.7 Å². The number of rotatable bonds is 16. The van der Waals surface area contributed by atoms with Gasteiger partial charge in [0.25, 0.3) is 23.6 Å². The smallest absolute Gasteiger partial charge is 0.394 e. The molecule has 11 amide bonds. The summed E-state index contributed by atoms with van der Waals surface area (Å²) in [5.41, 5.74) is 21.8. The predicted octanol–water partition coefficient (Wildman–Crippen LogP) is 8.19. The van der Waals surface area contributed by atoms with Crippen molar-refractivity contribution >= 4 is 93.7 Å². The average molecular weight is 1570 g/mol. The Morgan fingerprint density at radius 1 is 0.345 bits per heavy atom. The second kappa shape index (κ2) is 44.6. The molecule has 0 aromatic carbocycles. The highest BCUT2D eigenvalue weighted by molar-refractivity contribution is 6.41. The molecule has 8 aliphatic rings. The normalized spacial score (nSPS) is 20.2. The fourth-order valence-corrected chi connectivity index (χ4v) is 17.0. The second-order valence-corrected chi connectivity index (χ2v) is 30.0. The summed E-state index contributed by atoms with van der Waals surface area (Å²) in [6, 6.07) is 6.59. The van der Waals surface area contributed by atoms with Gasteiger partial charge in [-0.1, -0.05) is 83.5 Å².